The molecule has 0 bridgehead atoms. The molecule has 0 unspecified atom stereocenters. The van der Waals surface area contributed by atoms with E-state index in [1.165, 1.54) is 11.1 Å². The lowest BCUT2D eigenvalue weighted by Crippen LogP contribution is -1.94. The summed E-state index contributed by atoms with van der Waals surface area (Å²) in [7, 11) is 0. The largest absolute Gasteiger partial charge is 0.256 e. The van der Waals surface area contributed by atoms with E-state index < -0.39 is 0 Å². The van der Waals surface area contributed by atoms with Gasteiger partial charge in [0.1, 0.15) is 0 Å². The van der Waals surface area contributed by atoms with Gasteiger partial charge in [-0.05, 0) is 161 Å². The number of fused-ring (bicyclic) bond motifs is 1. The Labute approximate surface area is 478 Å². The number of aromatic nitrogens is 3. The van der Waals surface area contributed by atoms with E-state index >= 15 is 0 Å². The molecule has 14 aromatic rings. The van der Waals surface area contributed by atoms with Crippen LogP contribution in [-0.2, 0) is 0 Å². The van der Waals surface area contributed by atoms with Crippen LogP contribution in [0.4, 0.5) is 0 Å². The highest BCUT2D eigenvalue weighted by Crippen LogP contribution is 2.46. The first-order valence-electron chi connectivity index (χ1n) is 27.9. The van der Waals surface area contributed by atoms with E-state index in [-0.39, 0.29) is 0 Å². The molecule has 0 saturated heterocycles. The van der Waals surface area contributed by atoms with Gasteiger partial charge in [0.25, 0.3) is 0 Å². The zero-order valence-electron chi connectivity index (χ0n) is 44.9. The molecule has 14 rings (SSSR count). The van der Waals surface area contributed by atoms with E-state index in [0.717, 1.165) is 134 Å². The van der Waals surface area contributed by atoms with Gasteiger partial charge >= 0.3 is 0 Å². The van der Waals surface area contributed by atoms with Crippen LogP contribution in [0.15, 0.2) is 322 Å². The van der Waals surface area contributed by atoms with Crippen molar-refractivity contribution < 1.29 is 0 Å². The average Bonchev–Trinajstić information content (AvgIpc) is 3.59. The molecule has 3 heteroatoms. The standard InChI is InChI=1S/C79H53N3/c1-3-19-54(20-4-1)55-33-35-59(36-34-55)74-52-62(79-53-75(56-21-5-2-6-22-56)73-29-13-14-32-78(73)82-79)45-46-72(74)71-28-12-11-27-70(71)65-50-63(68-25-9-7-23-66(68)57-37-41-60(42-38-57)76-30-15-17-47-80-76)49-64(51-65)69-26-10-8-24-67(69)58-39-43-61(44-40-58)77-31-16-18-48-81-77/h1-53H. The summed E-state index contributed by atoms with van der Waals surface area (Å²) >= 11 is 0. The molecule has 0 atom stereocenters. The average molecular weight is 1040 g/mol. The molecule has 0 aliphatic carbocycles. The minimum atomic E-state index is 0.923. The van der Waals surface area contributed by atoms with Crippen molar-refractivity contribution in [2.24, 2.45) is 0 Å². The van der Waals surface area contributed by atoms with Crippen molar-refractivity contribution in [1.29, 1.82) is 0 Å². The Kier molecular flexibility index (Phi) is 13.3. The summed E-state index contributed by atoms with van der Waals surface area (Å²) in [5.74, 6) is 0. The van der Waals surface area contributed by atoms with Gasteiger partial charge in [-0.3, -0.25) is 9.97 Å². The molecule has 0 saturated carbocycles. The molecular formula is C79H53N3. The van der Waals surface area contributed by atoms with E-state index in [1.807, 2.05) is 36.7 Å². The molecular weight excluding hydrogens is 991 g/mol. The fraction of sp³-hybridized carbons (Fsp3) is 0. The van der Waals surface area contributed by atoms with E-state index in [4.69, 9.17) is 4.98 Å². The summed E-state index contributed by atoms with van der Waals surface area (Å²) in [5.41, 5.74) is 27.5. The summed E-state index contributed by atoms with van der Waals surface area (Å²) in [6, 6.07) is 111. The Hall–Kier alpha value is -10.9. The van der Waals surface area contributed by atoms with Gasteiger partial charge in [-0.15, -0.1) is 0 Å². The highest BCUT2D eigenvalue weighted by Gasteiger charge is 2.20. The first-order valence-corrected chi connectivity index (χ1v) is 27.9. The number of hydrogen-bond donors (Lipinski definition) is 0. The van der Waals surface area contributed by atoms with Crippen LogP contribution in [0.3, 0.4) is 0 Å². The number of pyridine rings is 3. The molecule has 0 spiro atoms. The van der Waals surface area contributed by atoms with Crippen molar-refractivity contribution in [2.45, 2.75) is 0 Å². The second kappa shape index (κ2) is 22.1. The highest BCUT2D eigenvalue weighted by atomic mass is 14.7. The van der Waals surface area contributed by atoms with E-state index in [2.05, 4.69) is 295 Å². The lowest BCUT2D eigenvalue weighted by atomic mass is 9.84. The van der Waals surface area contributed by atoms with Crippen molar-refractivity contribution in [3.8, 4) is 134 Å². The molecule has 3 heterocycles. The van der Waals surface area contributed by atoms with Crippen LogP contribution >= 0.6 is 0 Å². The summed E-state index contributed by atoms with van der Waals surface area (Å²) in [5, 5.41) is 1.13. The molecule has 11 aromatic carbocycles. The highest BCUT2D eigenvalue weighted by molar-refractivity contribution is 6.00. The van der Waals surface area contributed by atoms with Gasteiger partial charge in [-0.2, -0.15) is 0 Å². The first-order chi connectivity index (χ1) is 40.6. The Bertz CT molecular complexity index is 4410. The van der Waals surface area contributed by atoms with Gasteiger partial charge in [0.2, 0.25) is 0 Å². The summed E-state index contributed by atoms with van der Waals surface area (Å²) in [4.78, 5) is 14.6. The van der Waals surface area contributed by atoms with Gasteiger partial charge in [-0.25, -0.2) is 4.98 Å². The molecule has 3 nitrogen and oxygen atoms in total. The fourth-order valence-electron chi connectivity index (χ4n) is 11.6. The van der Waals surface area contributed by atoms with E-state index in [9.17, 15) is 0 Å². The fourth-order valence-corrected chi connectivity index (χ4v) is 11.6. The topological polar surface area (TPSA) is 38.7 Å². The number of rotatable bonds is 12. The van der Waals surface area contributed by atoms with E-state index in [1.54, 1.807) is 0 Å². The van der Waals surface area contributed by atoms with Crippen LogP contribution in [0.2, 0.25) is 0 Å². The number of benzene rings is 11. The molecule has 3 aromatic heterocycles. The SMILES string of the molecule is c1ccc(-c2ccc(-c3cc(-c4cc(-c5ccccc5)c5ccccc5n4)ccc3-c3ccccc3-c3cc(-c4ccccc4-c4ccc(-c5ccccn5)cc4)cc(-c4ccccc4-c4ccc(-c5ccccn5)cc4)c3)cc2)cc1. The lowest BCUT2D eigenvalue weighted by molar-refractivity contribution is 1.33. The van der Waals surface area contributed by atoms with Crippen molar-refractivity contribution in [1.82, 2.24) is 15.0 Å². The van der Waals surface area contributed by atoms with Crippen molar-refractivity contribution in [3.05, 3.63) is 322 Å². The third kappa shape index (κ3) is 9.89. The predicted molar refractivity (Wildman–Crippen MR) is 343 cm³/mol. The maximum Gasteiger partial charge on any atom is 0.0716 e. The van der Waals surface area contributed by atoms with Gasteiger partial charge in [-0.1, -0.05) is 249 Å². The van der Waals surface area contributed by atoms with Crippen LogP contribution in [-0.4, -0.2) is 15.0 Å². The molecule has 82 heavy (non-hydrogen) atoms. The summed E-state index contributed by atoms with van der Waals surface area (Å²) in [6.07, 6.45) is 3.70. The Morgan fingerprint density at radius 2 is 0.524 bits per heavy atom. The molecule has 0 radical (unpaired) electrons. The van der Waals surface area contributed by atoms with Crippen LogP contribution in [0, 0.1) is 0 Å². The molecule has 0 aliphatic heterocycles. The zero-order valence-corrected chi connectivity index (χ0v) is 44.9. The predicted octanol–water partition coefficient (Wildman–Crippen LogP) is 21.0. The minimum Gasteiger partial charge on any atom is -0.256 e. The molecule has 0 aliphatic rings. The molecule has 0 amide bonds. The van der Waals surface area contributed by atoms with Crippen LogP contribution in [0.5, 0.6) is 0 Å². The van der Waals surface area contributed by atoms with Crippen molar-refractivity contribution in [3.63, 3.8) is 0 Å². The van der Waals surface area contributed by atoms with Gasteiger partial charge in [0.05, 0.1) is 22.6 Å². The first kappa shape index (κ1) is 49.4. The third-order valence-electron chi connectivity index (χ3n) is 15.7. The van der Waals surface area contributed by atoms with E-state index in [0.29, 0.717) is 0 Å². The van der Waals surface area contributed by atoms with Crippen LogP contribution in [0.25, 0.3) is 145 Å². The Morgan fingerprint density at radius 1 is 0.171 bits per heavy atom. The van der Waals surface area contributed by atoms with Crippen LogP contribution < -0.4 is 0 Å². The van der Waals surface area contributed by atoms with Gasteiger partial charge < -0.3 is 0 Å². The monoisotopic (exact) mass is 1040 g/mol. The van der Waals surface area contributed by atoms with Gasteiger partial charge in [0.15, 0.2) is 0 Å². The molecule has 384 valence electrons. The summed E-state index contributed by atoms with van der Waals surface area (Å²) < 4.78 is 0. The lowest BCUT2D eigenvalue weighted by Gasteiger charge is -2.20. The maximum atomic E-state index is 5.35. The van der Waals surface area contributed by atoms with Gasteiger partial charge in [0, 0.05) is 34.5 Å². The second-order valence-electron chi connectivity index (χ2n) is 20.7. The third-order valence-corrected chi connectivity index (χ3v) is 15.7. The number of para-hydroxylation sites is 1. The smallest absolute Gasteiger partial charge is 0.0716 e. The zero-order chi connectivity index (χ0) is 54.6. The Morgan fingerprint density at radius 3 is 1.04 bits per heavy atom. The maximum absolute atomic E-state index is 5.35. The Balaban J connectivity index is 0.952. The quantitative estimate of drug-likeness (QED) is 0.122. The number of nitrogens with zero attached hydrogens (tertiary/aromatic N) is 3. The second-order valence-corrected chi connectivity index (χ2v) is 20.7. The minimum absolute atomic E-state index is 0.923. The molecule has 0 fully saturated rings. The summed E-state index contributed by atoms with van der Waals surface area (Å²) in [6.45, 7) is 0. The van der Waals surface area contributed by atoms with Crippen molar-refractivity contribution in [2.75, 3.05) is 0 Å². The molecule has 0 N–H and O–H groups in total. The normalized spacial score (nSPS) is 11.2. The van der Waals surface area contributed by atoms with Crippen molar-refractivity contribution >= 4 is 10.9 Å². The van der Waals surface area contributed by atoms with Crippen LogP contribution in [0.1, 0.15) is 0 Å². The number of hydrogen-bond acceptors (Lipinski definition) is 3.